The van der Waals surface area contributed by atoms with E-state index in [2.05, 4.69) is 55.7 Å². The Kier molecular flexibility index (Phi) is 6.32. The number of hydrogen-bond donors (Lipinski definition) is 3. The van der Waals surface area contributed by atoms with Crippen LogP contribution in [0, 0.1) is 0 Å². The second-order valence-corrected chi connectivity index (χ2v) is 7.53. The Hall–Kier alpha value is -2.99. The summed E-state index contributed by atoms with van der Waals surface area (Å²) in [6, 6.07) is 18.3. The lowest BCUT2D eigenvalue weighted by atomic mass is 10.2. The van der Waals surface area contributed by atoms with E-state index in [1.807, 2.05) is 30.5 Å². The van der Waals surface area contributed by atoms with Crippen molar-refractivity contribution < 1.29 is 4.79 Å². The molecule has 29 heavy (non-hydrogen) atoms. The van der Waals surface area contributed by atoms with Gasteiger partial charge in [0, 0.05) is 61.2 Å². The molecule has 6 nitrogen and oxygen atoms in total. The number of fused-ring (bicyclic) bond motifs is 1. The summed E-state index contributed by atoms with van der Waals surface area (Å²) in [6.07, 6.45) is 3.99. The van der Waals surface area contributed by atoms with Crippen LogP contribution < -0.4 is 15.5 Å². The molecular weight excluding hydrogens is 362 g/mol. The fourth-order valence-electron chi connectivity index (χ4n) is 3.84. The average molecular weight is 392 g/mol. The summed E-state index contributed by atoms with van der Waals surface area (Å²) in [5.74, 6) is 0. The van der Waals surface area contributed by atoms with E-state index < -0.39 is 0 Å². The van der Waals surface area contributed by atoms with Crippen LogP contribution in [0.1, 0.15) is 12.8 Å². The molecule has 1 aliphatic rings. The Morgan fingerprint density at radius 3 is 2.62 bits per heavy atom. The highest BCUT2D eigenvalue weighted by Gasteiger charge is 2.16. The van der Waals surface area contributed by atoms with E-state index in [1.165, 1.54) is 5.69 Å². The molecule has 3 N–H and O–H groups in total. The summed E-state index contributed by atoms with van der Waals surface area (Å²) in [7, 11) is 0. The zero-order valence-electron chi connectivity index (χ0n) is 16.7. The number of aromatic amines is 1. The van der Waals surface area contributed by atoms with Crippen molar-refractivity contribution in [3.8, 4) is 0 Å². The van der Waals surface area contributed by atoms with E-state index in [9.17, 15) is 4.79 Å². The molecule has 4 rings (SSSR count). The highest BCUT2D eigenvalue weighted by atomic mass is 16.2. The number of nitrogens with zero attached hydrogens (tertiary/aromatic N) is 2. The Morgan fingerprint density at radius 1 is 0.966 bits per heavy atom. The van der Waals surface area contributed by atoms with E-state index in [1.54, 1.807) is 0 Å². The molecular formula is C23H29N5O. The van der Waals surface area contributed by atoms with E-state index in [-0.39, 0.29) is 6.03 Å². The number of benzene rings is 2. The van der Waals surface area contributed by atoms with E-state index in [4.69, 9.17) is 0 Å². The number of piperazine rings is 1. The van der Waals surface area contributed by atoms with Gasteiger partial charge < -0.3 is 20.5 Å². The predicted octanol–water partition coefficient (Wildman–Crippen LogP) is 3.89. The smallest absolute Gasteiger partial charge is 0.319 e. The molecule has 152 valence electrons. The first-order chi connectivity index (χ1) is 14.3. The monoisotopic (exact) mass is 391 g/mol. The molecule has 1 fully saturated rings. The van der Waals surface area contributed by atoms with E-state index in [0.29, 0.717) is 6.54 Å². The topological polar surface area (TPSA) is 63.4 Å². The van der Waals surface area contributed by atoms with Gasteiger partial charge in [-0.1, -0.05) is 18.2 Å². The number of urea groups is 1. The molecule has 0 aliphatic carbocycles. The number of H-pyrrole nitrogens is 1. The third-order valence-electron chi connectivity index (χ3n) is 5.49. The van der Waals surface area contributed by atoms with Gasteiger partial charge in [-0.25, -0.2) is 4.79 Å². The zero-order valence-corrected chi connectivity index (χ0v) is 16.7. The van der Waals surface area contributed by atoms with Gasteiger partial charge in [-0.05, 0) is 55.8 Å². The minimum absolute atomic E-state index is 0.142. The summed E-state index contributed by atoms with van der Waals surface area (Å²) >= 11 is 0. The number of unbranched alkanes of at least 4 members (excludes halogenated alkanes) is 1. The first-order valence-corrected chi connectivity index (χ1v) is 10.4. The molecule has 0 bridgehead atoms. The van der Waals surface area contributed by atoms with Gasteiger partial charge in [0.1, 0.15) is 0 Å². The molecule has 3 aromatic rings. The van der Waals surface area contributed by atoms with Gasteiger partial charge >= 0.3 is 6.03 Å². The van der Waals surface area contributed by atoms with Crippen LogP contribution in [0.4, 0.5) is 16.2 Å². The van der Waals surface area contributed by atoms with Crippen LogP contribution in [0.3, 0.4) is 0 Å². The number of para-hydroxylation sites is 1. The third kappa shape index (κ3) is 5.29. The molecule has 0 spiro atoms. The number of nitrogens with one attached hydrogen (secondary N) is 3. The molecule has 6 heteroatoms. The summed E-state index contributed by atoms with van der Waals surface area (Å²) in [6.45, 7) is 6.15. The maximum atomic E-state index is 12.1. The molecule has 0 unspecified atom stereocenters. The lowest BCUT2D eigenvalue weighted by Gasteiger charge is -2.36. The maximum absolute atomic E-state index is 12.1. The van der Waals surface area contributed by atoms with Crippen molar-refractivity contribution in [2.45, 2.75) is 12.8 Å². The standard InChI is InChI=1S/C23H29N5O/c29-23(26-20-8-9-22-19(18-20)10-12-24-22)25-11-4-5-13-27-14-16-28(17-15-27)21-6-2-1-3-7-21/h1-3,6-10,12,18,24H,4-5,11,13-17H2,(H2,25,26,29). The normalized spacial score (nSPS) is 14.8. The maximum Gasteiger partial charge on any atom is 0.319 e. The van der Waals surface area contributed by atoms with Crippen molar-refractivity contribution in [1.82, 2.24) is 15.2 Å². The molecule has 2 heterocycles. The molecule has 0 saturated carbocycles. The largest absolute Gasteiger partial charge is 0.369 e. The SMILES string of the molecule is O=C(NCCCCN1CCN(c2ccccc2)CC1)Nc1ccc2[nH]ccc2c1. The second kappa shape index (κ2) is 9.47. The summed E-state index contributed by atoms with van der Waals surface area (Å²) in [5.41, 5.74) is 3.20. The van der Waals surface area contributed by atoms with Crippen LogP contribution in [-0.4, -0.2) is 55.2 Å². The van der Waals surface area contributed by atoms with Crippen LogP contribution in [0.2, 0.25) is 0 Å². The van der Waals surface area contributed by atoms with E-state index in [0.717, 1.165) is 62.2 Å². The molecule has 0 atom stereocenters. The molecule has 1 saturated heterocycles. The predicted molar refractivity (Wildman–Crippen MR) is 120 cm³/mol. The number of rotatable bonds is 7. The van der Waals surface area contributed by atoms with Crippen molar-refractivity contribution in [1.29, 1.82) is 0 Å². The zero-order chi connectivity index (χ0) is 19.9. The summed E-state index contributed by atoms with van der Waals surface area (Å²) in [4.78, 5) is 20.2. The van der Waals surface area contributed by atoms with Crippen molar-refractivity contribution in [3.63, 3.8) is 0 Å². The Labute approximate surface area is 171 Å². The third-order valence-corrected chi connectivity index (χ3v) is 5.49. The summed E-state index contributed by atoms with van der Waals surface area (Å²) < 4.78 is 0. The lowest BCUT2D eigenvalue weighted by molar-refractivity contribution is 0.247. The van der Waals surface area contributed by atoms with Crippen LogP contribution in [0.5, 0.6) is 0 Å². The molecule has 2 aromatic carbocycles. The Bertz CT molecular complexity index is 915. The molecule has 0 radical (unpaired) electrons. The number of amides is 2. The minimum atomic E-state index is -0.142. The van der Waals surface area contributed by atoms with Crippen molar-refractivity contribution >= 4 is 28.3 Å². The van der Waals surface area contributed by atoms with Crippen LogP contribution >= 0.6 is 0 Å². The second-order valence-electron chi connectivity index (χ2n) is 7.53. The van der Waals surface area contributed by atoms with Crippen LogP contribution in [-0.2, 0) is 0 Å². The average Bonchev–Trinajstić information content (AvgIpc) is 3.22. The molecule has 2 amide bonds. The quantitative estimate of drug-likeness (QED) is 0.536. The number of carbonyl (C=O) groups excluding carboxylic acids is 1. The molecule has 1 aromatic heterocycles. The highest BCUT2D eigenvalue weighted by Crippen LogP contribution is 2.18. The number of aromatic nitrogens is 1. The van der Waals surface area contributed by atoms with Crippen LogP contribution in [0.25, 0.3) is 10.9 Å². The van der Waals surface area contributed by atoms with E-state index >= 15 is 0 Å². The molecule has 1 aliphatic heterocycles. The van der Waals surface area contributed by atoms with Crippen molar-refractivity contribution in [3.05, 3.63) is 60.8 Å². The fraction of sp³-hybridized carbons (Fsp3) is 0.348. The van der Waals surface area contributed by atoms with Gasteiger partial charge in [0.2, 0.25) is 0 Å². The fourth-order valence-corrected chi connectivity index (χ4v) is 3.84. The summed E-state index contributed by atoms with van der Waals surface area (Å²) in [5, 5.41) is 6.95. The van der Waals surface area contributed by atoms with Gasteiger partial charge in [0.25, 0.3) is 0 Å². The number of hydrogen-bond acceptors (Lipinski definition) is 3. The van der Waals surface area contributed by atoms with Gasteiger partial charge in [0.15, 0.2) is 0 Å². The van der Waals surface area contributed by atoms with Crippen molar-refractivity contribution in [2.24, 2.45) is 0 Å². The minimum Gasteiger partial charge on any atom is -0.369 e. The van der Waals surface area contributed by atoms with Gasteiger partial charge in [0.05, 0.1) is 0 Å². The van der Waals surface area contributed by atoms with Gasteiger partial charge in [-0.3, -0.25) is 4.90 Å². The van der Waals surface area contributed by atoms with Crippen LogP contribution in [0.15, 0.2) is 60.8 Å². The number of carbonyl (C=O) groups is 1. The first kappa shape index (κ1) is 19.3. The van der Waals surface area contributed by atoms with Gasteiger partial charge in [-0.15, -0.1) is 0 Å². The Balaban J connectivity index is 1.09. The Morgan fingerprint density at radius 2 is 1.79 bits per heavy atom. The highest BCUT2D eigenvalue weighted by molar-refractivity contribution is 5.92. The number of anilines is 2. The lowest BCUT2D eigenvalue weighted by Crippen LogP contribution is -2.46. The van der Waals surface area contributed by atoms with Gasteiger partial charge in [-0.2, -0.15) is 0 Å². The van der Waals surface area contributed by atoms with Crippen molar-refractivity contribution in [2.75, 3.05) is 49.5 Å². The first-order valence-electron chi connectivity index (χ1n) is 10.4.